The third kappa shape index (κ3) is 3.45. The first kappa shape index (κ1) is 13.7. The van der Waals surface area contributed by atoms with E-state index in [-0.39, 0.29) is 18.0 Å². The summed E-state index contributed by atoms with van der Waals surface area (Å²) in [4.78, 5) is 21.9. The summed E-state index contributed by atoms with van der Waals surface area (Å²) in [5.41, 5.74) is 1.03. The lowest BCUT2D eigenvalue weighted by molar-refractivity contribution is -0.0461. The number of ether oxygens (including phenoxy) is 2. The average molecular weight is 289 g/mol. The number of rotatable bonds is 4. The van der Waals surface area contributed by atoms with Crippen molar-refractivity contribution in [2.24, 2.45) is 0 Å². The molecule has 0 aliphatic carbocycles. The zero-order chi connectivity index (χ0) is 14.7. The summed E-state index contributed by atoms with van der Waals surface area (Å²) in [7, 11) is 0. The third-order valence-corrected chi connectivity index (χ3v) is 3.16. The number of aromatic hydroxyl groups is 1. The van der Waals surface area contributed by atoms with Gasteiger partial charge in [-0.3, -0.25) is 9.78 Å². The molecule has 2 aromatic rings. The van der Waals surface area contributed by atoms with Gasteiger partial charge in [-0.2, -0.15) is 4.98 Å². The van der Waals surface area contributed by atoms with Crippen LogP contribution in [0.5, 0.6) is 5.88 Å². The Balaban J connectivity index is 1.77. The summed E-state index contributed by atoms with van der Waals surface area (Å²) in [6.07, 6.45) is 3.02. The topological polar surface area (TPSA) is 97.3 Å². The molecular weight excluding hydrogens is 274 g/mol. The molecule has 1 aliphatic rings. The van der Waals surface area contributed by atoms with Crippen molar-refractivity contribution in [1.29, 1.82) is 0 Å². The van der Waals surface area contributed by atoms with Crippen LogP contribution in [0, 0.1) is 0 Å². The Morgan fingerprint density at radius 3 is 2.90 bits per heavy atom. The molecule has 0 unspecified atom stereocenters. The molecule has 0 bridgehead atoms. The molecule has 0 spiro atoms. The molecule has 7 heteroatoms. The molecule has 3 rings (SSSR count). The van der Waals surface area contributed by atoms with Gasteiger partial charge in [-0.05, 0) is 24.1 Å². The summed E-state index contributed by atoms with van der Waals surface area (Å²) in [5, 5.41) is 9.42. The molecule has 0 aromatic carbocycles. The molecule has 7 nitrogen and oxygen atoms in total. The first-order valence-electron chi connectivity index (χ1n) is 6.69. The van der Waals surface area contributed by atoms with Crippen molar-refractivity contribution in [3.63, 3.8) is 0 Å². The number of hydrogen-bond donors (Lipinski definition) is 2. The minimum absolute atomic E-state index is 0.152. The van der Waals surface area contributed by atoms with Crippen molar-refractivity contribution in [3.05, 3.63) is 40.3 Å². The molecule has 2 aromatic heterocycles. The van der Waals surface area contributed by atoms with E-state index >= 15 is 0 Å². The molecule has 1 fully saturated rings. The molecule has 1 aliphatic heterocycles. The summed E-state index contributed by atoms with van der Waals surface area (Å²) >= 11 is 0. The zero-order valence-corrected chi connectivity index (χ0v) is 11.3. The molecule has 0 amide bonds. The zero-order valence-electron chi connectivity index (χ0n) is 11.3. The fourth-order valence-corrected chi connectivity index (χ4v) is 2.18. The molecule has 0 radical (unpaired) electrons. The van der Waals surface area contributed by atoms with Crippen LogP contribution >= 0.6 is 0 Å². The number of hydrogen-bond acceptors (Lipinski definition) is 6. The quantitative estimate of drug-likeness (QED) is 0.865. The van der Waals surface area contributed by atoms with E-state index in [0.29, 0.717) is 18.9 Å². The largest absolute Gasteiger partial charge is 0.494 e. The standard InChI is InChI=1S/C14H15N3O4/c18-11-8-12(19)17-14(16-11)10-7-9(3-4-15-10)1-2-13-20-5-6-21-13/h3-4,7-8,13H,1-2,5-6H2,(H2,16,17,18,19). The highest BCUT2D eigenvalue weighted by Crippen LogP contribution is 2.17. The second kappa shape index (κ2) is 6.02. The van der Waals surface area contributed by atoms with Crippen LogP contribution in [0.2, 0.25) is 0 Å². The highest BCUT2D eigenvalue weighted by atomic mass is 16.7. The lowest BCUT2D eigenvalue weighted by atomic mass is 10.1. The Labute approximate surface area is 120 Å². The predicted octanol–water partition coefficient (Wildman–Crippen LogP) is 0.843. The summed E-state index contributed by atoms with van der Waals surface area (Å²) < 4.78 is 10.8. The minimum Gasteiger partial charge on any atom is -0.494 e. The second-order valence-corrected chi connectivity index (χ2v) is 4.71. The van der Waals surface area contributed by atoms with Crippen LogP contribution in [0.15, 0.2) is 29.2 Å². The molecule has 1 saturated heterocycles. The van der Waals surface area contributed by atoms with Crippen LogP contribution in [0.3, 0.4) is 0 Å². The minimum atomic E-state index is -0.513. The highest BCUT2D eigenvalue weighted by Gasteiger charge is 2.15. The fourth-order valence-electron chi connectivity index (χ4n) is 2.18. The lowest BCUT2D eigenvalue weighted by Crippen LogP contribution is -2.09. The van der Waals surface area contributed by atoms with Crippen LogP contribution < -0.4 is 5.56 Å². The van der Waals surface area contributed by atoms with Crippen molar-refractivity contribution in [2.45, 2.75) is 19.1 Å². The van der Waals surface area contributed by atoms with Crippen LogP contribution in [-0.2, 0) is 15.9 Å². The van der Waals surface area contributed by atoms with Crippen molar-refractivity contribution >= 4 is 0 Å². The number of H-pyrrole nitrogens is 1. The van der Waals surface area contributed by atoms with Gasteiger partial charge in [-0.15, -0.1) is 0 Å². The second-order valence-electron chi connectivity index (χ2n) is 4.71. The molecule has 0 atom stereocenters. The van der Waals surface area contributed by atoms with Gasteiger partial charge in [0, 0.05) is 12.6 Å². The van der Waals surface area contributed by atoms with E-state index in [1.165, 1.54) is 0 Å². The van der Waals surface area contributed by atoms with Crippen molar-refractivity contribution in [2.75, 3.05) is 13.2 Å². The van der Waals surface area contributed by atoms with Crippen LogP contribution in [0.4, 0.5) is 0 Å². The van der Waals surface area contributed by atoms with Gasteiger partial charge < -0.3 is 19.6 Å². The van der Waals surface area contributed by atoms with Crippen LogP contribution in [0.1, 0.15) is 12.0 Å². The molecule has 0 saturated carbocycles. The average Bonchev–Trinajstić information content (AvgIpc) is 2.98. The van der Waals surface area contributed by atoms with Gasteiger partial charge in [0.1, 0.15) is 5.69 Å². The third-order valence-electron chi connectivity index (χ3n) is 3.16. The fraction of sp³-hybridized carbons (Fsp3) is 0.357. The van der Waals surface area contributed by atoms with E-state index in [4.69, 9.17) is 9.47 Å². The van der Waals surface area contributed by atoms with E-state index in [1.807, 2.05) is 12.1 Å². The van der Waals surface area contributed by atoms with E-state index in [2.05, 4.69) is 15.0 Å². The van der Waals surface area contributed by atoms with Gasteiger partial charge in [0.2, 0.25) is 0 Å². The lowest BCUT2D eigenvalue weighted by Gasteiger charge is -2.09. The van der Waals surface area contributed by atoms with Gasteiger partial charge >= 0.3 is 0 Å². The van der Waals surface area contributed by atoms with Crippen molar-refractivity contribution in [3.8, 4) is 17.4 Å². The molecule has 21 heavy (non-hydrogen) atoms. The number of aromatic amines is 1. The summed E-state index contributed by atoms with van der Waals surface area (Å²) in [6, 6.07) is 4.73. The molecule has 3 heterocycles. The van der Waals surface area contributed by atoms with Crippen molar-refractivity contribution < 1.29 is 14.6 Å². The smallest absolute Gasteiger partial charge is 0.277 e. The molecule has 110 valence electrons. The first-order chi connectivity index (χ1) is 10.2. The van der Waals surface area contributed by atoms with Gasteiger partial charge in [-0.1, -0.05) is 0 Å². The Morgan fingerprint density at radius 2 is 2.14 bits per heavy atom. The van der Waals surface area contributed by atoms with Gasteiger partial charge in [0.15, 0.2) is 18.0 Å². The van der Waals surface area contributed by atoms with Gasteiger partial charge in [0.05, 0.1) is 19.3 Å². The number of nitrogens with one attached hydrogen (secondary N) is 1. The van der Waals surface area contributed by atoms with Crippen LogP contribution in [-0.4, -0.2) is 39.6 Å². The van der Waals surface area contributed by atoms with Crippen molar-refractivity contribution in [1.82, 2.24) is 15.0 Å². The SMILES string of the molecule is O=c1cc(O)[nH]c(-c2cc(CCC3OCCO3)ccn2)n1. The predicted molar refractivity (Wildman–Crippen MR) is 73.8 cm³/mol. The number of pyridine rings is 1. The Hall–Kier alpha value is -2.25. The maximum Gasteiger partial charge on any atom is 0.277 e. The first-order valence-corrected chi connectivity index (χ1v) is 6.69. The maximum absolute atomic E-state index is 11.3. The Bertz CT molecular complexity index is 680. The van der Waals surface area contributed by atoms with Crippen LogP contribution in [0.25, 0.3) is 11.5 Å². The Morgan fingerprint density at radius 1 is 1.33 bits per heavy atom. The normalized spacial score (nSPS) is 15.4. The van der Waals surface area contributed by atoms with Gasteiger partial charge in [-0.25, -0.2) is 0 Å². The maximum atomic E-state index is 11.3. The summed E-state index contributed by atoms with van der Waals surface area (Å²) in [6.45, 7) is 1.28. The van der Waals surface area contributed by atoms with E-state index in [9.17, 15) is 9.90 Å². The number of aryl methyl sites for hydroxylation is 1. The summed E-state index contributed by atoms with van der Waals surface area (Å²) in [5.74, 6) is 0.0141. The Kier molecular flexibility index (Phi) is 3.94. The monoisotopic (exact) mass is 289 g/mol. The highest BCUT2D eigenvalue weighted by molar-refractivity contribution is 5.50. The number of aromatic nitrogens is 3. The van der Waals surface area contributed by atoms with Gasteiger partial charge in [0.25, 0.3) is 5.56 Å². The molecular formula is C14H15N3O4. The number of nitrogens with zero attached hydrogens (tertiary/aromatic N) is 2. The van der Waals surface area contributed by atoms with E-state index in [0.717, 1.165) is 24.5 Å². The molecule has 2 N–H and O–H groups in total. The van der Waals surface area contributed by atoms with E-state index in [1.54, 1.807) is 6.20 Å². The van der Waals surface area contributed by atoms with E-state index < -0.39 is 5.56 Å².